The average molecular weight is 253 g/mol. The third-order valence-electron chi connectivity index (χ3n) is 2.71. The predicted molar refractivity (Wildman–Crippen MR) is 66.2 cm³/mol. The summed E-state index contributed by atoms with van der Waals surface area (Å²) < 4.78 is 27.0. The molecular weight excluding hydrogens is 240 g/mol. The fourth-order valence-electron chi connectivity index (χ4n) is 1.77. The average Bonchev–Trinajstić information content (AvgIpc) is 2.82. The van der Waals surface area contributed by atoms with Crippen molar-refractivity contribution in [3.63, 3.8) is 0 Å². The lowest BCUT2D eigenvalue weighted by atomic mass is 10.0. The molecule has 2 aromatic rings. The van der Waals surface area contributed by atoms with Crippen molar-refractivity contribution in [1.82, 2.24) is 5.32 Å². The Kier molecular flexibility index (Phi) is 3.86. The van der Waals surface area contributed by atoms with Crippen LogP contribution in [0, 0.1) is 11.6 Å². The zero-order chi connectivity index (χ0) is 12.3. The maximum absolute atomic E-state index is 13.5. The van der Waals surface area contributed by atoms with Crippen LogP contribution in [0.4, 0.5) is 8.78 Å². The Balaban J connectivity index is 2.25. The van der Waals surface area contributed by atoms with Crippen LogP contribution in [0.1, 0.15) is 16.5 Å². The number of likely N-dealkylation sites (N-methyl/N-ethyl adjacent to an activating group) is 1. The summed E-state index contributed by atoms with van der Waals surface area (Å²) in [6.07, 6.45) is 0.315. The summed E-state index contributed by atoms with van der Waals surface area (Å²) in [7, 11) is 1.79. The highest BCUT2D eigenvalue weighted by Crippen LogP contribution is 2.24. The van der Waals surface area contributed by atoms with Gasteiger partial charge in [0.1, 0.15) is 11.6 Å². The molecule has 0 radical (unpaired) electrons. The summed E-state index contributed by atoms with van der Waals surface area (Å²) in [4.78, 5) is 1.08. The summed E-state index contributed by atoms with van der Waals surface area (Å²) in [6, 6.07) is 7.81. The summed E-state index contributed by atoms with van der Waals surface area (Å²) in [5.74, 6) is -0.969. The zero-order valence-corrected chi connectivity index (χ0v) is 10.2. The number of nitrogens with one attached hydrogen (secondary N) is 1. The van der Waals surface area contributed by atoms with Gasteiger partial charge in [-0.15, -0.1) is 11.3 Å². The highest BCUT2D eigenvalue weighted by atomic mass is 32.1. The van der Waals surface area contributed by atoms with Gasteiger partial charge >= 0.3 is 0 Å². The van der Waals surface area contributed by atoms with E-state index in [2.05, 4.69) is 5.32 Å². The first-order valence-corrected chi connectivity index (χ1v) is 6.24. The number of rotatable bonds is 4. The number of benzene rings is 1. The van der Waals surface area contributed by atoms with Crippen LogP contribution in [0.2, 0.25) is 0 Å². The van der Waals surface area contributed by atoms with E-state index in [0.717, 1.165) is 4.88 Å². The lowest BCUT2D eigenvalue weighted by Gasteiger charge is -2.15. The van der Waals surface area contributed by atoms with Gasteiger partial charge in [-0.05, 0) is 37.0 Å². The van der Waals surface area contributed by atoms with E-state index in [0.29, 0.717) is 6.42 Å². The van der Waals surface area contributed by atoms with Crippen molar-refractivity contribution in [2.75, 3.05) is 7.05 Å². The van der Waals surface area contributed by atoms with Gasteiger partial charge in [-0.25, -0.2) is 8.78 Å². The molecule has 1 aromatic carbocycles. The second-order valence-corrected chi connectivity index (χ2v) is 4.74. The van der Waals surface area contributed by atoms with E-state index in [1.165, 1.54) is 18.2 Å². The molecule has 0 amide bonds. The van der Waals surface area contributed by atoms with Gasteiger partial charge in [-0.2, -0.15) is 0 Å². The second-order valence-electron chi connectivity index (χ2n) is 3.76. The molecule has 1 atom stereocenters. The summed E-state index contributed by atoms with van der Waals surface area (Å²) in [5, 5.41) is 5.04. The van der Waals surface area contributed by atoms with Gasteiger partial charge in [0.05, 0.1) is 0 Å². The first-order valence-electron chi connectivity index (χ1n) is 5.36. The molecule has 90 valence electrons. The second kappa shape index (κ2) is 5.38. The maximum Gasteiger partial charge on any atom is 0.129 e. The standard InChI is InChI=1S/C13H13F2NS/c1-16-12(13-6-3-7-17-13)8-9-10(14)4-2-5-11(9)15/h2-7,12,16H,8H2,1H3. The van der Waals surface area contributed by atoms with Gasteiger partial charge in [0.2, 0.25) is 0 Å². The quantitative estimate of drug-likeness (QED) is 0.879. The minimum Gasteiger partial charge on any atom is -0.312 e. The van der Waals surface area contributed by atoms with Gasteiger partial charge in [-0.1, -0.05) is 12.1 Å². The van der Waals surface area contributed by atoms with Crippen molar-refractivity contribution >= 4 is 11.3 Å². The monoisotopic (exact) mass is 253 g/mol. The molecule has 0 saturated heterocycles. The van der Waals surface area contributed by atoms with Crippen molar-refractivity contribution < 1.29 is 8.78 Å². The van der Waals surface area contributed by atoms with Crippen LogP contribution < -0.4 is 5.32 Å². The van der Waals surface area contributed by atoms with Crippen LogP contribution in [0.25, 0.3) is 0 Å². The zero-order valence-electron chi connectivity index (χ0n) is 9.41. The third kappa shape index (κ3) is 2.70. The van der Waals surface area contributed by atoms with Crippen LogP contribution in [0.3, 0.4) is 0 Å². The highest BCUT2D eigenvalue weighted by molar-refractivity contribution is 7.10. The van der Waals surface area contributed by atoms with Crippen molar-refractivity contribution in [2.24, 2.45) is 0 Å². The molecule has 4 heteroatoms. The molecule has 17 heavy (non-hydrogen) atoms. The van der Waals surface area contributed by atoms with Gasteiger partial charge in [0.15, 0.2) is 0 Å². The SMILES string of the molecule is CNC(Cc1c(F)cccc1F)c1cccs1. The van der Waals surface area contributed by atoms with Gasteiger partial charge in [0.25, 0.3) is 0 Å². The van der Waals surface area contributed by atoms with Crippen molar-refractivity contribution in [2.45, 2.75) is 12.5 Å². The van der Waals surface area contributed by atoms with E-state index >= 15 is 0 Å². The van der Waals surface area contributed by atoms with Crippen molar-refractivity contribution in [3.05, 3.63) is 57.8 Å². The number of hydrogen-bond acceptors (Lipinski definition) is 2. The van der Waals surface area contributed by atoms with Crippen LogP contribution in [0.15, 0.2) is 35.7 Å². The molecule has 1 nitrogen and oxygen atoms in total. The molecule has 1 heterocycles. The van der Waals surface area contributed by atoms with E-state index in [9.17, 15) is 8.78 Å². The molecular formula is C13H13F2NS. The van der Waals surface area contributed by atoms with Crippen LogP contribution in [-0.2, 0) is 6.42 Å². The van der Waals surface area contributed by atoms with E-state index in [1.807, 2.05) is 17.5 Å². The predicted octanol–water partition coefficient (Wildman–Crippen LogP) is 3.53. The lowest BCUT2D eigenvalue weighted by Crippen LogP contribution is -2.19. The summed E-state index contributed by atoms with van der Waals surface area (Å²) in [6.45, 7) is 0. The molecule has 1 N–H and O–H groups in total. The third-order valence-corrected chi connectivity index (χ3v) is 3.69. The van der Waals surface area contributed by atoms with Gasteiger partial charge in [-0.3, -0.25) is 0 Å². The Morgan fingerprint density at radius 1 is 1.18 bits per heavy atom. The van der Waals surface area contributed by atoms with Gasteiger partial charge in [0, 0.05) is 16.5 Å². The Morgan fingerprint density at radius 2 is 1.88 bits per heavy atom. The molecule has 0 bridgehead atoms. The summed E-state index contributed by atoms with van der Waals surface area (Å²) >= 11 is 1.58. The summed E-state index contributed by atoms with van der Waals surface area (Å²) in [5.41, 5.74) is 0.139. The lowest BCUT2D eigenvalue weighted by molar-refractivity contribution is 0.518. The molecule has 0 spiro atoms. The fraction of sp³-hybridized carbons (Fsp3) is 0.231. The largest absolute Gasteiger partial charge is 0.312 e. The first kappa shape index (κ1) is 12.2. The Bertz CT molecular complexity index is 462. The van der Waals surface area contributed by atoms with Gasteiger partial charge < -0.3 is 5.32 Å². The molecule has 0 saturated carbocycles. The molecule has 0 aliphatic rings. The molecule has 1 unspecified atom stereocenters. The molecule has 0 aliphatic carbocycles. The first-order chi connectivity index (χ1) is 8.22. The normalized spacial score (nSPS) is 12.6. The number of thiophene rings is 1. The molecule has 2 rings (SSSR count). The Hall–Kier alpha value is -1.26. The van der Waals surface area contributed by atoms with Crippen LogP contribution >= 0.6 is 11.3 Å². The van der Waals surface area contributed by atoms with Crippen molar-refractivity contribution in [1.29, 1.82) is 0 Å². The topological polar surface area (TPSA) is 12.0 Å². The Labute approximate surface area is 103 Å². The maximum atomic E-state index is 13.5. The molecule has 0 fully saturated rings. The Morgan fingerprint density at radius 3 is 2.41 bits per heavy atom. The fourth-order valence-corrected chi connectivity index (χ4v) is 2.60. The van der Waals surface area contributed by atoms with E-state index in [-0.39, 0.29) is 11.6 Å². The van der Waals surface area contributed by atoms with Crippen LogP contribution in [0.5, 0.6) is 0 Å². The minimum absolute atomic E-state index is 0.0543. The van der Waals surface area contributed by atoms with E-state index in [4.69, 9.17) is 0 Å². The minimum atomic E-state index is -0.484. The molecule has 0 aliphatic heterocycles. The van der Waals surface area contributed by atoms with Crippen molar-refractivity contribution in [3.8, 4) is 0 Å². The molecule has 1 aromatic heterocycles. The smallest absolute Gasteiger partial charge is 0.129 e. The van der Waals surface area contributed by atoms with E-state index in [1.54, 1.807) is 18.4 Å². The van der Waals surface area contributed by atoms with E-state index < -0.39 is 11.6 Å². The van der Waals surface area contributed by atoms with Crippen LogP contribution in [-0.4, -0.2) is 7.05 Å². The number of halogens is 2. The number of hydrogen-bond donors (Lipinski definition) is 1. The highest BCUT2D eigenvalue weighted by Gasteiger charge is 2.16.